The molecule has 0 saturated heterocycles. The zero-order chi connectivity index (χ0) is 4.28. The van der Waals surface area contributed by atoms with Crippen LogP contribution >= 0.6 is 5.33 Å². The number of nitrogens with two attached hydrogens (primary N) is 1. The summed E-state index contributed by atoms with van der Waals surface area (Å²) in [7, 11) is 0. The van der Waals surface area contributed by atoms with Crippen molar-refractivity contribution in [3.63, 3.8) is 0 Å². The summed E-state index contributed by atoms with van der Waals surface area (Å²) in [6, 6.07) is 0. The summed E-state index contributed by atoms with van der Waals surface area (Å²) in [5, 5.41) is -2.15. The first-order valence-electron chi connectivity index (χ1n) is 0.877. The normalized spacial score (nSPS) is 7.40. The SMILES string of the molecule is [NH2][Sn][P](=O)=O. The van der Waals surface area contributed by atoms with Crippen LogP contribution in [-0.2, 0) is 9.13 Å². The van der Waals surface area contributed by atoms with Crippen LogP contribution in [0.15, 0.2) is 0 Å². The minimum absolute atomic E-state index is 1.41. The molecule has 0 unspecified atom stereocenters. The minimum atomic E-state index is -2.15. The molecule has 0 rings (SSSR count). The van der Waals surface area contributed by atoms with Crippen LogP contribution in [0.1, 0.15) is 0 Å². The van der Waals surface area contributed by atoms with Crippen molar-refractivity contribution in [1.82, 2.24) is 0 Å². The third-order valence-electron chi connectivity index (χ3n) is 0.105. The molecule has 0 bridgehead atoms. The van der Waals surface area contributed by atoms with Gasteiger partial charge in [-0.15, -0.1) is 0 Å². The first-order valence-corrected chi connectivity index (χ1v) is 7.53. The molecule has 0 aromatic rings. The molecule has 0 aliphatic heterocycles. The van der Waals surface area contributed by atoms with Crippen molar-refractivity contribution in [3.8, 4) is 0 Å². The molecule has 5 heavy (non-hydrogen) atoms. The zero-order valence-electron chi connectivity index (χ0n) is 2.34. The molecule has 0 amide bonds. The Hall–Kier alpha value is 0.659. The van der Waals surface area contributed by atoms with Gasteiger partial charge >= 0.3 is 39.3 Å². The molecule has 0 aliphatic carbocycles. The quantitative estimate of drug-likeness (QED) is 0.462. The Labute approximate surface area is 39.7 Å². The van der Waals surface area contributed by atoms with Gasteiger partial charge in [-0.25, -0.2) is 0 Å². The molecule has 28 valence electrons. The van der Waals surface area contributed by atoms with Gasteiger partial charge in [0.25, 0.3) is 0 Å². The molecule has 0 spiro atoms. The molecule has 0 atom stereocenters. The average Bonchev–Trinajstić information content (AvgIpc) is 1.38. The van der Waals surface area contributed by atoms with E-state index < -0.39 is 26.2 Å². The molecule has 2 N–H and O–H groups in total. The standard InChI is InChI=1S/H2N.O2P.Sn/c;1-3-2;/h1H2;;/q-1;;+1. The van der Waals surface area contributed by atoms with Crippen LogP contribution < -0.4 is 3.96 Å². The summed E-state index contributed by atoms with van der Waals surface area (Å²) in [4.78, 5) is 0. The monoisotopic (exact) mass is 199 g/mol. The Kier molecular flexibility index (Phi) is 3.25. The van der Waals surface area contributed by atoms with E-state index in [4.69, 9.17) is 3.96 Å². The second-order valence-corrected chi connectivity index (χ2v) is 6.50. The van der Waals surface area contributed by atoms with Crippen molar-refractivity contribution < 1.29 is 9.13 Å². The fourth-order valence-electron chi connectivity index (χ4n) is 0. The van der Waals surface area contributed by atoms with Crippen molar-refractivity contribution in [2.24, 2.45) is 3.96 Å². The molecule has 5 heteroatoms. The van der Waals surface area contributed by atoms with Gasteiger partial charge in [0.05, 0.1) is 0 Å². The molecule has 2 radical (unpaired) electrons. The third kappa shape index (κ3) is 4.66. The molecule has 0 saturated carbocycles. The summed E-state index contributed by atoms with van der Waals surface area (Å²) < 4.78 is 23.5. The van der Waals surface area contributed by atoms with Crippen molar-refractivity contribution in [2.75, 3.05) is 0 Å². The predicted molar refractivity (Wildman–Crippen MR) is 18.2 cm³/mol. The van der Waals surface area contributed by atoms with Gasteiger partial charge in [0, 0.05) is 0 Å². The average molecular weight is 198 g/mol. The summed E-state index contributed by atoms with van der Waals surface area (Å²) >= 11 is -1.41. The van der Waals surface area contributed by atoms with Gasteiger partial charge in [0.15, 0.2) is 0 Å². The van der Waals surface area contributed by atoms with Crippen LogP contribution in [0.5, 0.6) is 0 Å². The van der Waals surface area contributed by atoms with E-state index in [1.54, 1.807) is 0 Å². The van der Waals surface area contributed by atoms with Gasteiger partial charge in [-0.05, 0) is 0 Å². The van der Waals surface area contributed by atoms with Crippen LogP contribution in [0.2, 0.25) is 0 Å². The number of rotatable bonds is 1. The van der Waals surface area contributed by atoms with E-state index in [9.17, 15) is 9.13 Å². The number of hydrogen-bond donors (Lipinski definition) is 1. The van der Waals surface area contributed by atoms with E-state index in [0.29, 0.717) is 0 Å². The molecule has 0 aromatic carbocycles. The Bertz CT molecular complexity index is 67.7. The Morgan fingerprint density at radius 1 is 1.60 bits per heavy atom. The van der Waals surface area contributed by atoms with Gasteiger partial charge in [-0.2, -0.15) is 0 Å². The first kappa shape index (κ1) is 5.66. The molecule has 0 aromatic heterocycles. The van der Waals surface area contributed by atoms with Gasteiger partial charge < -0.3 is 0 Å². The Morgan fingerprint density at radius 2 is 1.80 bits per heavy atom. The molecule has 3 nitrogen and oxygen atoms in total. The van der Waals surface area contributed by atoms with Gasteiger partial charge in [-0.3, -0.25) is 0 Å². The van der Waals surface area contributed by atoms with E-state index in [1.165, 1.54) is 0 Å². The van der Waals surface area contributed by atoms with Gasteiger partial charge in [-0.1, -0.05) is 0 Å². The summed E-state index contributed by atoms with van der Waals surface area (Å²) in [5.74, 6) is 0. The second kappa shape index (κ2) is 2.87. The van der Waals surface area contributed by atoms with Crippen molar-refractivity contribution >= 4 is 26.2 Å². The molecule has 0 heterocycles. The third-order valence-corrected chi connectivity index (χ3v) is 2.12. The summed E-state index contributed by atoms with van der Waals surface area (Å²) in [6.45, 7) is 0. The predicted octanol–water partition coefficient (Wildman–Crippen LogP) is -0.348. The second-order valence-electron chi connectivity index (χ2n) is 0.386. The first-order chi connectivity index (χ1) is 2.27. The van der Waals surface area contributed by atoms with Gasteiger partial charge in [0.1, 0.15) is 0 Å². The van der Waals surface area contributed by atoms with Gasteiger partial charge in [0.2, 0.25) is 0 Å². The van der Waals surface area contributed by atoms with Crippen LogP contribution in [-0.4, -0.2) is 20.9 Å². The molecule has 0 aliphatic rings. The Morgan fingerprint density at radius 3 is 1.80 bits per heavy atom. The molecule has 0 fully saturated rings. The van der Waals surface area contributed by atoms with E-state index in [2.05, 4.69) is 0 Å². The van der Waals surface area contributed by atoms with Crippen LogP contribution in [0.3, 0.4) is 0 Å². The van der Waals surface area contributed by atoms with E-state index in [0.717, 1.165) is 0 Å². The van der Waals surface area contributed by atoms with Crippen molar-refractivity contribution in [3.05, 3.63) is 0 Å². The molecular formula is H2NO2PSn. The fraction of sp³-hybridized carbons (Fsp3) is 0. The maximum absolute atomic E-state index is 9.36. The summed E-state index contributed by atoms with van der Waals surface area (Å²) in [5.41, 5.74) is 0. The van der Waals surface area contributed by atoms with Crippen LogP contribution in [0, 0.1) is 0 Å². The van der Waals surface area contributed by atoms with E-state index in [1.807, 2.05) is 0 Å². The van der Waals surface area contributed by atoms with Crippen LogP contribution in [0.25, 0.3) is 0 Å². The summed E-state index contributed by atoms with van der Waals surface area (Å²) in [6.07, 6.45) is 0. The van der Waals surface area contributed by atoms with Crippen molar-refractivity contribution in [2.45, 2.75) is 0 Å². The van der Waals surface area contributed by atoms with Crippen LogP contribution in [0.4, 0.5) is 0 Å². The Balaban J connectivity index is 3.23. The topological polar surface area (TPSA) is 60.2 Å². The maximum atomic E-state index is 9.36. The van der Waals surface area contributed by atoms with E-state index in [-0.39, 0.29) is 0 Å². The number of hydrogen-bond acceptors (Lipinski definition) is 3. The molecular weight excluding hydrogens is 196 g/mol. The fourth-order valence-corrected chi connectivity index (χ4v) is 0. The van der Waals surface area contributed by atoms with E-state index >= 15 is 0 Å². The zero-order valence-corrected chi connectivity index (χ0v) is 6.09. The van der Waals surface area contributed by atoms with Crippen molar-refractivity contribution in [1.29, 1.82) is 0 Å².